The number of fused-ring (bicyclic) bond motifs is 2. The Hall–Kier alpha value is -3.60. The molecule has 0 radical (unpaired) electrons. The minimum absolute atomic E-state index is 0.302. The smallest absolute Gasteiger partial charge is 0.347 e. The van der Waals surface area contributed by atoms with Gasteiger partial charge in [-0.15, -0.1) is 0 Å². The molecule has 0 unspecified atom stereocenters. The fourth-order valence-electron chi connectivity index (χ4n) is 3.77. The van der Waals surface area contributed by atoms with Crippen LogP contribution in [-0.2, 0) is 14.3 Å². The number of rotatable bonds is 2. The number of cyclic esters (lactones) is 2. The summed E-state index contributed by atoms with van der Waals surface area (Å²) in [5, 5.41) is 1.77. The van der Waals surface area contributed by atoms with Crippen LogP contribution in [-0.4, -0.2) is 21.9 Å². The van der Waals surface area contributed by atoms with Crippen molar-refractivity contribution >= 4 is 44.9 Å². The Morgan fingerprint density at radius 2 is 1.15 bits per heavy atom. The van der Waals surface area contributed by atoms with Gasteiger partial charge in [0.05, 0.1) is 11.1 Å². The zero-order valence-electron chi connectivity index (χ0n) is 14.8. The van der Waals surface area contributed by atoms with Crippen LogP contribution in [0, 0.1) is 13.8 Å². The Bertz CT molecular complexity index is 1200. The van der Waals surface area contributed by atoms with Crippen LogP contribution in [0.25, 0.3) is 33.0 Å². The molecule has 27 heavy (non-hydrogen) atoms. The van der Waals surface area contributed by atoms with E-state index in [1.807, 2.05) is 50.2 Å². The third-order valence-corrected chi connectivity index (χ3v) is 5.06. The zero-order valence-corrected chi connectivity index (χ0v) is 14.8. The first kappa shape index (κ1) is 15.6. The zero-order chi connectivity index (χ0) is 18.7. The summed E-state index contributed by atoms with van der Waals surface area (Å²) in [5.74, 6) is -1.23. The van der Waals surface area contributed by atoms with Crippen molar-refractivity contribution in [1.29, 1.82) is 0 Å². The largest absolute Gasteiger partial charge is 0.386 e. The molecule has 1 aliphatic rings. The van der Waals surface area contributed by atoms with Gasteiger partial charge in [-0.05, 0) is 37.1 Å². The quantitative estimate of drug-likeness (QED) is 0.416. The van der Waals surface area contributed by atoms with E-state index in [1.165, 1.54) is 0 Å². The van der Waals surface area contributed by atoms with Gasteiger partial charge in [0, 0.05) is 45.3 Å². The van der Waals surface area contributed by atoms with Gasteiger partial charge in [-0.1, -0.05) is 24.3 Å². The maximum atomic E-state index is 12.6. The number of nitrogens with one attached hydrogen (secondary N) is 2. The lowest BCUT2D eigenvalue weighted by molar-refractivity contribution is -0.149. The predicted molar refractivity (Wildman–Crippen MR) is 104 cm³/mol. The van der Waals surface area contributed by atoms with Gasteiger partial charge in [-0.2, -0.15) is 0 Å². The summed E-state index contributed by atoms with van der Waals surface area (Å²) in [6.07, 6.45) is 3.52. The van der Waals surface area contributed by atoms with Crippen molar-refractivity contribution in [3.05, 3.63) is 71.0 Å². The van der Waals surface area contributed by atoms with E-state index in [9.17, 15) is 9.59 Å². The average molecular weight is 356 g/mol. The molecule has 2 aromatic carbocycles. The summed E-state index contributed by atoms with van der Waals surface area (Å²) >= 11 is 0. The molecule has 132 valence electrons. The van der Waals surface area contributed by atoms with Gasteiger partial charge in [0.1, 0.15) is 0 Å². The number of aromatic nitrogens is 2. The van der Waals surface area contributed by atoms with Crippen molar-refractivity contribution in [3.63, 3.8) is 0 Å². The predicted octanol–water partition coefficient (Wildman–Crippen LogP) is 4.26. The first-order chi connectivity index (χ1) is 13.0. The third-order valence-electron chi connectivity index (χ3n) is 5.06. The summed E-state index contributed by atoms with van der Waals surface area (Å²) in [7, 11) is 0. The van der Waals surface area contributed by atoms with Gasteiger partial charge in [0.25, 0.3) is 0 Å². The topological polar surface area (TPSA) is 75.0 Å². The van der Waals surface area contributed by atoms with Crippen molar-refractivity contribution in [3.8, 4) is 0 Å². The average Bonchev–Trinajstić information content (AvgIpc) is 3.29. The molecule has 5 heteroatoms. The highest BCUT2D eigenvalue weighted by Crippen LogP contribution is 2.39. The van der Waals surface area contributed by atoms with Crippen LogP contribution in [0.2, 0.25) is 0 Å². The summed E-state index contributed by atoms with van der Waals surface area (Å²) in [4.78, 5) is 31.5. The monoisotopic (exact) mass is 356 g/mol. The maximum Gasteiger partial charge on any atom is 0.347 e. The van der Waals surface area contributed by atoms with E-state index in [2.05, 4.69) is 9.97 Å². The number of ether oxygens (including phenoxy) is 1. The number of aryl methyl sites for hydroxylation is 2. The number of esters is 2. The Morgan fingerprint density at radius 3 is 1.59 bits per heavy atom. The Morgan fingerprint density at radius 1 is 0.704 bits per heavy atom. The number of hydrogen-bond donors (Lipinski definition) is 2. The summed E-state index contributed by atoms with van der Waals surface area (Å²) < 4.78 is 5.00. The molecular weight excluding hydrogens is 340 g/mol. The highest BCUT2D eigenvalue weighted by atomic mass is 16.6. The van der Waals surface area contributed by atoms with Gasteiger partial charge < -0.3 is 14.7 Å². The second kappa shape index (κ2) is 5.45. The number of H-pyrrole nitrogens is 2. The molecule has 5 rings (SSSR count). The van der Waals surface area contributed by atoms with Crippen molar-refractivity contribution in [2.24, 2.45) is 0 Å². The lowest BCUT2D eigenvalue weighted by atomic mass is 9.95. The minimum atomic E-state index is -0.613. The lowest BCUT2D eigenvalue weighted by Gasteiger charge is -2.02. The van der Waals surface area contributed by atoms with E-state index >= 15 is 0 Å². The van der Waals surface area contributed by atoms with Crippen LogP contribution in [0.15, 0.2) is 48.8 Å². The van der Waals surface area contributed by atoms with Gasteiger partial charge >= 0.3 is 11.9 Å². The number of benzene rings is 2. The van der Waals surface area contributed by atoms with Crippen LogP contribution in [0.4, 0.5) is 0 Å². The molecule has 0 saturated carbocycles. The molecule has 4 aromatic rings. The van der Waals surface area contributed by atoms with Gasteiger partial charge in [0.15, 0.2) is 0 Å². The molecule has 3 heterocycles. The van der Waals surface area contributed by atoms with Crippen LogP contribution in [0.3, 0.4) is 0 Å². The minimum Gasteiger partial charge on any atom is -0.386 e. The van der Waals surface area contributed by atoms with E-state index in [0.717, 1.165) is 32.9 Å². The van der Waals surface area contributed by atoms with Crippen molar-refractivity contribution in [2.75, 3.05) is 0 Å². The number of carbonyl (C=O) groups is 2. The van der Waals surface area contributed by atoms with Crippen molar-refractivity contribution in [2.45, 2.75) is 13.8 Å². The highest BCUT2D eigenvalue weighted by Gasteiger charge is 2.37. The molecule has 1 aliphatic heterocycles. The number of hydrogen-bond acceptors (Lipinski definition) is 3. The molecule has 0 amide bonds. The maximum absolute atomic E-state index is 12.6. The Labute approximate surface area is 154 Å². The molecule has 2 N–H and O–H groups in total. The molecule has 5 nitrogen and oxygen atoms in total. The van der Waals surface area contributed by atoms with E-state index < -0.39 is 11.9 Å². The first-order valence-corrected chi connectivity index (χ1v) is 8.70. The van der Waals surface area contributed by atoms with Gasteiger partial charge in [-0.25, -0.2) is 9.59 Å². The fraction of sp³-hybridized carbons (Fsp3) is 0.0909. The molecule has 0 fully saturated rings. The molecule has 0 bridgehead atoms. The standard InChI is InChI=1S/C22H16N2O3/c1-11-3-5-13-15(9-23-17(13)7-11)19-20(22(26)27-21(19)25)16-10-24-18-8-12(2)4-6-14(16)18/h3-10,23-24H,1-2H3. The summed E-state index contributed by atoms with van der Waals surface area (Å²) in [6.45, 7) is 4.01. The molecule has 2 aromatic heterocycles. The molecule has 0 aliphatic carbocycles. The molecular formula is C22H16N2O3. The van der Waals surface area contributed by atoms with Crippen LogP contribution >= 0.6 is 0 Å². The summed E-state index contributed by atoms with van der Waals surface area (Å²) in [6, 6.07) is 11.9. The van der Waals surface area contributed by atoms with E-state index in [0.29, 0.717) is 22.3 Å². The fourth-order valence-corrected chi connectivity index (χ4v) is 3.77. The highest BCUT2D eigenvalue weighted by molar-refractivity contribution is 6.46. The Kier molecular flexibility index (Phi) is 3.15. The molecule has 0 atom stereocenters. The Balaban J connectivity index is 1.82. The number of aromatic amines is 2. The SMILES string of the molecule is Cc1ccc2c(C3=C(c4c[nH]c5cc(C)ccc45)C(=O)OC3=O)c[nH]c2c1. The normalized spacial score (nSPS) is 14.6. The van der Waals surface area contributed by atoms with E-state index in [-0.39, 0.29) is 0 Å². The molecule has 0 spiro atoms. The second-order valence-electron chi connectivity index (χ2n) is 6.93. The van der Waals surface area contributed by atoms with Crippen LogP contribution in [0.1, 0.15) is 22.3 Å². The number of carbonyl (C=O) groups excluding carboxylic acids is 2. The van der Waals surface area contributed by atoms with Gasteiger partial charge in [-0.3, -0.25) is 0 Å². The van der Waals surface area contributed by atoms with E-state index in [1.54, 1.807) is 12.4 Å². The van der Waals surface area contributed by atoms with Crippen molar-refractivity contribution in [1.82, 2.24) is 9.97 Å². The first-order valence-electron chi connectivity index (χ1n) is 8.70. The summed E-state index contributed by atoms with van der Waals surface area (Å²) in [5.41, 5.74) is 6.02. The van der Waals surface area contributed by atoms with Crippen molar-refractivity contribution < 1.29 is 14.3 Å². The van der Waals surface area contributed by atoms with Crippen LogP contribution in [0.5, 0.6) is 0 Å². The van der Waals surface area contributed by atoms with Gasteiger partial charge in [0.2, 0.25) is 0 Å². The molecule has 0 saturated heterocycles. The third kappa shape index (κ3) is 2.25. The second-order valence-corrected chi connectivity index (χ2v) is 6.93. The van der Waals surface area contributed by atoms with E-state index in [4.69, 9.17) is 4.74 Å². The lowest BCUT2D eigenvalue weighted by Crippen LogP contribution is -2.01. The van der Waals surface area contributed by atoms with Crippen LogP contribution < -0.4 is 0 Å².